The Morgan fingerprint density at radius 2 is 0.648 bits per heavy atom. The predicted octanol–water partition coefficient (Wildman–Crippen LogP) is 17.4. The zero-order valence-corrected chi connectivity index (χ0v) is 56.9. The number of nitrogens with one attached hydrogen (secondary N) is 4. The molecule has 1 aliphatic heterocycles. The van der Waals surface area contributed by atoms with Crippen molar-refractivity contribution in [2.75, 3.05) is 26.3 Å². The van der Waals surface area contributed by atoms with Crippen LogP contribution in [0.4, 0.5) is 9.59 Å². The molecule has 0 spiro atoms. The van der Waals surface area contributed by atoms with Gasteiger partial charge in [0.2, 0.25) is 0 Å². The van der Waals surface area contributed by atoms with Crippen molar-refractivity contribution in [3.05, 3.63) is 187 Å². The van der Waals surface area contributed by atoms with Gasteiger partial charge in [0.1, 0.15) is 36.2 Å². The first kappa shape index (κ1) is 68.5. The summed E-state index contributed by atoms with van der Waals surface area (Å²) in [6.07, 6.45) is 4.50. The normalized spacial score (nSPS) is 13.4. The van der Waals surface area contributed by atoms with E-state index in [2.05, 4.69) is 201 Å². The molecule has 1 aliphatic rings. The van der Waals surface area contributed by atoms with E-state index < -0.39 is 0 Å². The van der Waals surface area contributed by atoms with Crippen LogP contribution in [0.3, 0.4) is 0 Å². The Labute approximate surface area is 529 Å². The Morgan fingerprint density at radius 1 is 0.375 bits per heavy atom. The molecule has 0 radical (unpaired) electrons. The van der Waals surface area contributed by atoms with E-state index in [0.717, 1.165) is 104 Å². The van der Waals surface area contributed by atoms with Crippen LogP contribution in [0.25, 0.3) is 0 Å². The molecular formula is C77H106N4O7. The lowest BCUT2D eigenvalue weighted by atomic mass is 9.80. The molecule has 0 unspecified atom stereocenters. The number of unbranched alkanes of at least 4 members (excludes halogenated alkanes) is 2. The summed E-state index contributed by atoms with van der Waals surface area (Å²) >= 11 is 0. The molecule has 476 valence electrons. The van der Waals surface area contributed by atoms with Crippen LogP contribution in [0.15, 0.2) is 109 Å². The maximum atomic E-state index is 12.8. The van der Waals surface area contributed by atoms with Gasteiger partial charge in [-0.2, -0.15) is 0 Å². The molecule has 88 heavy (non-hydrogen) atoms. The molecule has 0 aromatic heterocycles. The van der Waals surface area contributed by atoms with Crippen molar-refractivity contribution >= 4 is 12.1 Å². The number of carbonyl (C=O) groups excluding carboxylic acids is 2. The van der Waals surface area contributed by atoms with Gasteiger partial charge in [0.15, 0.2) is 0 Å². The third-order valence-corrected chi connectivity index (χ3v) is 15.7. The molecular weight excluding hydrogens is 1090 g/mol. The fourth-order valence-corrected chi connectivity index (χ4v) is 10.8. The van der Waals surface area contributed by atoms with Crippen LogP contribution in [-0.2, 0) is 72.1 Å². The molecule has 6 aromatic rings. The van der Waals surface area contributed by atoms with Crippen LogP contribution in [0.1, 0.15) is 228 Å². The highest BCUT2D eigenvalue weighted by Crippen LogP contribution is 2.44. The van der Waals surface area contributed by atoms with Gasteiger partial charge in [0.05, 0.1) is 26.4 Å². The van der Waals surface area contributed by atoms with E-state index in [1.54, 1.807) is 0 Å². The Hall–Kier alpha value is -6.98. The van der Waals surface area contributed by atoms with Crippen molar-refractivity contribution in [3.8, 4) is 23.0 Å². The number of ether oxygens (including phenoxy) is 5. The fraction of sp³-hybridized carbons (Fsp3) is 0.506. The molecule has 11 heteroatoms. The minimum absolute atomic E-state index is 0.175. The number of benzene rings is 6. The van der Waals surface area contributed by atoms with Gasteiger partial charge in [-0.25, -0.2) is 9.59 Å². The van der Waals surface area contributed by atoms with Crippen LogP contribution < -0.4 is 40.2 Å². The molecule has 0 saturated heterocycles. The number of amides is 4. The summed E-state index contributed by atoms with van der Waals surface area (Å²) in [5, 5.41) is 12.1. The third kappa shape index (κ3) is 20.5. The van der Waals surface area contributed by atoms with E-state index in [1.165, 1.54) is 22.3 Å². The Balaban J connectivity index is 1.48. The van der Waals surface area contributed by atoms with Crippen molar-refractivity contribution in [2.45, 2.75) is 229 Å². The van der Waals surface area contributed by atoms with Crippen LogP contribution in [0, 0.1) is 0 Å². The molecule has 4 N–H and O–H groups in total. The smallest absolute Gasteiger partial charge is 0.315 e. The average molecular weight is 1200 g/mol. The molecule has 1 heterocycles. The lowest BCUT2D eigenvalue weighted by Gasteiger charge is -2.29. The lowest BCUT2D eigenvalue weighted by molar-refractivity contribution is 0.101. The summed E-state index contributed by atoms with van der Waals surface area (Å²) in [6, 6.07) is 39.2. The summed E-state index contributed by atoms with van der Waals surface area (Å²) in [5.41, 5.74) is 13.6. The van der Waals surface area contributed by atoms with E-state index in [4.69, 9.17) is 23.7 Å². The van der Waals surface area contributed by atoms with Gasteiger partial charge in [-0.3, -0.25) is 0 Å². The van der Waals surface area contributed by atoms with Gasteiger partial charge in [0.25, 0.3) is 0 Å². The first-order valence-corrected chi connectivity index (χ1v) is 32.1. The van der Waals surface area contributed by atoms with Crippen molar-refractivity contribution in [2.24, 2.45) is 0 Å². The van der Waals surface area contributed by atoms with Crippen molar-refractivity contribution in [3.63, 3.8) is 0 Å². The molecule has 6 aromatic carbocycles. The Bertz CT molecular complexity index is 3290. The fourth-order valence-electron chi connectivity index (χ4n) is 10.8. The second-order valence-electron chi connectivity index (χ2n) is 30.4. The summed E-state index contributed by atoms with van der Waals surface area (Å²) in [5.74, 6) is 3.29. The predicted molar refractivity (Wildman–Crippen MR) is 361 cm³/mol. The van der Waals surface area contributed by atoms with Gasteiger partial charge in [-0.15, -0.1) is 0 Å². The quantitative estimate of drug-likeness (QED) is 0.0631. The molecule has 11 nitrogen and oxygen atoms in total. The van der Waals surface area contributed by atoms with E-state index in [1.807, 2.05) is 53.7 Å². The maximum Gasteiger partial charge on any atom is 0.315 e. The number of urea groups is 2. The zero-order valence-electron chi connectivity index (χ0n) is 56.9. The summed E-state index contributed by atoms with van der Waals surface area (Å²) < 4.78 is 36.0. The molecule has 0 fully saturated rings. The van der Waals surface area contributed by atoms with E-state index >= 15 is 0 Å². The first-order valence-electron chi connectivity index (χ1n) is 32.1. The van der Waals surface area contributed by atoms with Crippen LogP contribution in [0.5, 0.6) is 23.0 Å². The van der Waals surface area contributed by atoms with Gasteiger partial charge in [-0.05, 0) is 168 Å². The van der Waals surface area contributed by atoms with Gasteiger partial charge >= 0.3 is 12.1 Å². The number of hydrogen-bond donors (Lipinski definition) is 4. The number of hydrogen-bond acceptors (Lipinski definition) is 7. The van der Waals surface area contributed by atoms with Crippen molar-refractivity contribution < 1.29 is 33.3 Å². The van der Waals surface area contributed by atoms with Crippen molar-refractivity contribution in [1.82, 2.24) is 21.3 Å². The highest BCUT2D eigenvalue weighted by molar-refractivity contribution is 5.75. The van der Waals surface area contributed by atoms with Crippen molar-refractivity contribution in [1.29, 1.82) is 0 Å². The Morgan fingerprint density at radius 3 is 0.943 bits per heavy atom. The third-order valence-electron chi connectivity index (χ3n) is 15.7. The molecule has 8 bridgehead atoms. The second-order valence-corrected chi connectivity index (χ2v) is 30.4. The van der Waals surface area contributed by atoms with Gasteiger partial charge in [-0.1, -0.05) is 180 Å². The standard InChI is InChI=1S/C77H106N4O7/c1-72(2,3)62-40-54-37-56-42-63(73(4,5)6)43-57(67(56)87-48-52-29-21-19-22-30-52)39-58-44-64(74(7,8)9)46-60(68(58)86-36-28-26-34-79-71(83)81-77(16,17)18)50-84-51-61-47-65(75(10,11)12)45-59(69(61)88-49-53-31-23-20-24-32-53)38-55(41-62)66(54)85-35-27-25-33-78-70(82)80-76(13,14)15/h19-24,29-32,40-47H,25-28,33-39,48-51H2,1-18H3,(H2,78,80,82)(H2,79,81,83). The minimum atomic E-state index is -0.341. The van der Waals surface area contributed by atoms with Gasteiger partial charge < -0.3 is 45.0 Å². The monoisotopic (exact) mass is 1200 g/mol. The minimum Gasteiger partial charge on any atom is -0.493 e. The van der Waals surface area contributed by atoms with E-state index in [0.29, 0.717) is 58.8 Å². The van der Waals surface area contributed by atoms with Gasteiger partial charge in [0, 0.05) is 54.6 Å². The number of carbonyl (C=O) groups is 2. The van der Waals surface area contributed by atoms with E-state index in [-0.39, 0.29) is 58.0 Å². The Kier molecular flexibility index (Phi) is 22.7. The number of fused-ring (bicyclic) bond motifs is 8. The first-order chi connectivity index (χ1) is 41.2. The maximum absolute atomic E-state index is 12.8. The summed E-state index contributed by atoms with van der Waals surface area (Å²) in [6.45, 7) is 42.5. The molecule has 0 aliphatic carbocycles. The highest BCUT2D eigenvalue weighted by Gasteiger charge is 2.29. The van der Waals surface area contributed by atoms with Crippen LogP contribution in [0.2, 0.25) is 0 Å². The van der Waals surface area contributed by atoms with Crippen LogP contribution in [-0.4, -0.2) is 49.4 Å². The van der Waals surface area contributed by atoms with Crippen LogP contribution >= 0.6 is 0 Å². The average Bonchev–Trinajstić information content (AvgIpc) is 1.07. The highest BCUT2D eigenvalue weighted by atomic mass is 16.5. The summed E-state index contributed by atoms with van der Waals surface area (Å²) in [4.78, 5) is 25.6. The lowest BCUT2D eigenvalue weighted by Crippen LogP contribution is -2.46. The molecule has 7 rings (SSSR count). The number of rotatable bonds is 18. The summed E-state index contributed by atoms with van der Waals surface area (Å²) in [7, 11) is 0. The molecule has 0 saturated carbocycles. The zero-order chi connectivity index (χ0) is 64.2. The second kappa shape index (κ2) is 29.1. The molecule has 0 atom stereocenters. The largest absolute Gasteiger partial charge is 0.493 e. The van der Waals surface area contributed by atoms with E-state index in [9.17, 15) is 9.59 Å². The molecule has 4 amide bonds. The topological polar surface area (TPSA) is 128 Å². The SMILES string of the molecule is CC(C)(C)NC(=O)NCCCCOc1c2cc(C(C)(C)C)cc1Cc1cc(C(C)(C)C)cc(c1OCc1ccccc1)Cc1cc(C(C)(C)C)cc(c1OCCCCNC(=O)NC(C)(C)C)Cc1cc(C(C)(C)C)cc(c1OCc1ccccc1)COC2.